The van der Waals surface area contributed by atoms with Crippen molar-refractivity contribution in [2.45, 2.75) is 0 Å². The predicted molar refractivity (Wildman–Crippen MR) is 55.7 cm³/mol. The van der Waals surface area contributed by atoms with Gasteiger partial charge in [0.2, 0.25) is 5.91 Å². The van der Waals surface area contributed by atoms with Crippen LogP contribution in [0.3, 0.4) is 0 Å². The SMILES string of the molecule is NC(=O)c1cccc(N2C=NCC2)c1. The molecule has 2 N–H and O–H groups in total. The maximum Gasteiger partial charge on any atom is 0.248 e. The van der Waals surface area contributed by atoms with Gasteiger partial charge < -0.3 is 10.6 Å². The molecular weight excluding hydrogens is 178 g/mol. The van der Waals surface area contributed by atoms with Gasteiger partial charge >= 0.3 is 0 Å². The highest BCUT2D eigenvalue weighted by molar-refractivity contribution is 5.94. The minimum Gasteiger partial charge on any atom is -0.366 e. The van der Waals surface area contributed by atoms with E-state index in [1.807, 2.05) is 17.0 Å². The van der Waals surface area contributed by atoms with Gasteiger partial charge in [-0.25, -0.2) is 0 Å². The minimum atomic E-state index is -0.400. The number of primary amides is 1. The number of rotatable bonds is 2. The summed E-state index contributed by atoms with van der Waals surface area (Å²) < 4.78 is 0. The largest absolute Gasteiger partial charge is 0.366 e. The first-order valence-corrected chi connectivity index (χ1v) is 4.44. The number of nitrogens with zero attached hydrogens (tertiary/aromatic N) is 2. The van der Waals surface area contributed by atoms with Crippen molar-refractivity contribution < 1.29 is 4.79 Å². The highest BCUT2D eigenvalue weighted by Gasteiger charge is 2.09. The third-order valence-corrected chi connectivity index (χ3v) is 2.15. The quantitative estimate of drug-likeness (QED) is 0.742. The smallest absolute Gasteiger partial charge is 0.248 e. The molecule has 1 aliphatic rings. The Morgan fingerprint density at radius 1 is 1.50 bits per heavy atom. The molecule has 0 aliphatic carbocycles. The van der Waals surface area contributed by atoms with E-state index in [2.05, 4.69) is 4.99 Å². The summed E-state index contributed by atoms with van der Waals surface area (Å²) in [7, 11) is 0. The number of anilines is 1. The zero-order chi connectivity index (χ0) is 9.97. The summed E-state index contributed by atoms with van der Waals surface area (Å²) >= 11 is 0. The fourth-order valence-electron chi connectivity index (χ4n) is 1.41. The Morgan fingerprint density at radius 3 is 3.00 bits per heavy atom. The molecule has 4 nitrogen and oxygen atoms in total. The molecule has 0 unspecified atom stereocenters. The number of hydrogen-bond acceptors (Lipinski definition) is 3. The molecule has 0 fully saturated rings. The van der Waals surface area contributed by atoms with E-state index in [9.17, 15) is 4.79 Å². The fraction of sp³-hybridized carbons (Fsp3) is 0.200. The summed E-state index contributed by atoms with van der Waals surface area (Å²) in [5, 5.41) is 0. The first kappa shape index (κ1) is 8.74. The average molecular weight is 189 g/mol. The number of aliphatic imine (C=N–C) groups is 1. The number of amides is 1. The molecule has 0 atom stereocenters. The van der Waals surface area contributed by atoms with Gasteiger partial charge in [-0.1, -0.05) is 6.07 Å². The lowest BCUT2D eigenvalue weighted by Crippen LogP contribution is -2.19. The van der Waals surface area contributed by atoms with Crippen LogP contribution in [-0.2, 0) is 0 Å². The summed E-state index contributed by atoms with van der Waals surface area (Å²) in [6.45, 7) is 1.67. The van der Waals surface area contributed by atoms with Crippen molar-refractivity contribution in [1.82, 2.24) is 0 Å². The Kier molecular flexibility index (Phi) is 2.18. The van der Waals surface area contributed by atoms with Crippen LogP contribution in [0.1, 0.15) is 10.4 Å². The third kappa shape index (κ3) is 1.59. The van der Waals surface area contributed by atoms with Crippen molar-refractivity contribution in [3.8, 4) is 0 Å². The van der Waals surface area contributed by atoms with Crippen LogP contribution < -0.4 is 10.6 Å². The predicted octanol–water partition coefficient (Wildman–Crippen LogP) is 0.634. The molecule has 72 valence electrons. The number of carbonyl (C=O) groups is 1. The number of carbonyl (C=O) groups excluding carboxylic acids is 1. The topological polar surface area (TPSA) is 58.7 Å². The van der Waals surface area contributed by atoms with Gasteiger partial charge in [0, 0.05) is 17.8 Å². The van der Waals surface area contributed by atoms with Gasteiger partial charge in [0.1, 0.15) is 0 Å². The maximum absolute atomic E-state index is 10.9. The molecule has 0 bridgehead atoms. The maximum atomic E-state index is 10.9. The van der Waals surface area contributed by atoms with Crippen LogP contribution in [0.4, 0.5) is 5.69 Å². The number of benzene rings is 1. The van der Waals surface area contributed by atoms with Gasteiger partial charge in [-0.05, 0) is 18.2 Å². The summed E-state index contributed by atoms with van der Waals surface area (Å²) in [4.78, 5) is 17.0. The molecule has 1 aromatic carbocycles. The van der Waals surface area contributed by atoms with Crippen molar-refractivity contribution in [1.29, 1.82) is 0 Å². The Bertz CT molecular complexity index is 387. The molecule has 0 aromatic heterocycles. The lowest BCUT2D eigenvalue weighted by molar-refractivity contribution is 0.100. The molecular formula is C10H11N3O. The van der Waals surface area contributed by atoms with Crippen molar-refractivity contribution in [2.24, 2.45) is 10.7 Å². The molecule has 2 rings (SSSR count). The first-order chi connectivity index (χ1) is 6.77. The molecule has 0 saturated heterocycles. The van der Waals surface area contributed by atoms with Gasteiger partial charge in [-0.3, -0.25) is 9.79 Å². The highest BCUT2D eigenvalue weighted by Crippen LogP contribution is 2.16. The van der Waals surface area contributed by atoms with Crippen LogP contribution in [0.2, 0.25) is 0 Å². The summed E-state index contributed by atoms with van der Waals surface area (Å²) in [6.07, 6.45) is 1.78. The number of hydrogen-bond donors (Lipinski definition) is 1. The number of nitrogens with two attached hydrogens (primary N) is 1. The van der Waals surface area contributed by atoms with Crippen molar-refractivity contribution in [3.63, 3.8) is 0 Å². The molecule has 0 radical (unpaired) electrons. The Hall–Kier alpha value is -1.84. The van der Waals surface area contributed by atoms with Crippen molar-refractivity contribution in [2.75, 3.05) is 18.0 Å². The van der Waals surface area contributed by atoms with E-state index in [1.54, 1.807) is 18.5 Å². The van der Waals surface area contributed by atoms with E-state index in [-0.39, 0.29) is 0 Å². The van der Waals surface area contributed by atoms with Crippen molar-refractivity contribution in [3.05, 3.63) is 29.8 Å². The van der Waals surface area contributed by atoms with Crippen LogP contribution in [-0.4, -0.2) is 25.3 Å². The Labute approximate surface area is 82.0 Å². The second kappa shape index (κ2) is 3.49. The standard InChI is InChI=1S/C10H11N3O/c11-10(14)8-2-1-3-9(6-8)13-5-4-12-7-13/h1-3,6-7H,4-5H2,(H2,11,14). The molecule has 1 aliphatic heterocycles. The van der Waals surface area contributed by atoms with Gasteiger partial charge in [-0.2, -0.15) is 0 Å². The highest BCUT2D eigenvalue weighted by atomic mass is 16.1. The minimum absolute atomic E-state index is 0.400. The average Bonchev–Trinajstić information content (AvgIpc) is 2.71. The van der Waals surface area contributed by atoms with Crippen LogP contribution >= 0.6 is 0 Å². The lowest BCUT2D eigenvalue weighted by atomic mass is 10.2. The van der Waals surface area contributed by atoms with Crippen LogP contribution in [0.5, 0.6) is 0 Å². The summed E-state index contributed by atoms with van der Waals surface area (Å²) in [5.41, 5.74) is 6.68. The lowest BCUT2D eigenvalue weighted by Gasteiger charge is -2.13. The van der Waals surface area contributed by atoms with Crippen LogP contribution in [0.25, 0.3) is 0 Å². The van der Waals surface area contributed by atoms with Gasteiger partial charge in [-0.15, -0.1) is 0 Å². The van der Waals surface area contributed by atoms with E-state index in [1.165, 1.54) is 0 Å². The normalized spacial score (nSPS) is 14.7. The van der Waals surface area contributed by atoms with E-state index < -0.39 is 5.91 Å². The second-order valence-electron chi connectivity index (χ2n) is 3.13. The molecule has 4 heteroatoms. The molecule has 0 saturated carbocycles. The van der Waals surface area contributed by atoms with Crippen LogP contribution in [0, 0.1) is 0 Å². The van der Waals surface area contributed by atoms with E-state index in [4.69, 9.17) is 5.73 Å². The Balaban J connectivity index is 2.30. The molecule has 0 spiro atoms. The van der Waals surface area contributed by atoms with E-state index >= 15 is 0 Å². The zero-order valence-corrected chi connectivity index (χ0v) is 7.68. The second-order valence-corrected chi connectivity index (χ2v) is 3.13. The molecule has 1 aromatic rings. The van der Waals surface area contributed by atoms with Crippen molar-refractivity contribution >= 4 is 17.9 Å². The fourth-order valence-corrected chi connectivity index (χ4v) is 1.41. The van der Waals surface area contributed by atoms with Gasteiger partial charge in [0.05, 0.1) is 12.9 Å². The van der Waals surface area contributed by atoms with Crippen LogP contribution in [0.15, 0.2) is 29.3 Å². The van der Waals surface area contributed by atoms with Gasteiger partial charge in [0.25, 0.3) is 0 Å². The molecule has 14 heavy (non-hydrogen) atoms. The first-order valence-electron chi connectivity index (χ1n) is 4.44. The van der Waals surface area contributed by atoms with Gasteiger partial charge in [0.15, 0.2) is 0 Å². The summed E-state index contributed by atoms with van der Waals surface area (Å²) in [6, 6.07) is 7.24. The third-order valence-electron chi connectivity index (χ3n) is 2.15. The molecule has 1 amide bonds. The summed E-state index contributed by atoms with van der Waals surface area (Å²) in [5.74, 6) is -0.400. The molecule has 1 heterocycles. The zero-order valence-electron chi connectivity index (χ0n) is 7.68. The van der Waals surface area contributed by atoms with E-state index in [0.29, 0.717) is 5.56 Å². The van der Waals surface area contributed by atoms with E-state index in [0.717, 1.165) is 18.8 Å². The Morgan fingerprint density at radius 2 is 2.36 bits per heavy atom. The monoisotopic (exact) mass is 189 g/mol.